The molecular weight excluding hydrogens is 416 g/mol. The highest BCUT2D eigenvalue weighted by atomic mass is 16.5. The van der Waals surface area contributed by atoms with Crippen molar-refractivity contribution in [2.24, 2.45) is 0 Å². The normalized spacial score (nSPS) is 13.6. The number of benzene rings is 2. The molecule has 1 fully saturated rings. The number of carbonyl (C=O) groups is 2. The largest absolute Gasteiger partial charge is 0.494 e. The Hall–Kier alpha value is -3.74. The lowest BCUT2D eigenvalue weighted by Crippen LogP contribution is -2.51. The van der Waals surface area contributed by atoms with Crippen LogP contribution in [0.4, 0.5) is 0 Å². The molecule has 0 atom stereocenters. The van der Waals surface area contributed by atoms with E-state index in [0.29, 0.717) is 49.9 Å². The lowest BCUT2D eigenvalue weighted by atomic mass is 10.1. The molecule has 0 bridgehead atoms. The molecule has 4 rings (SSSR count). The summed E-state index contributed by atoms with van der Waals surface area (Å²) in [7, 11) is 0. The zero-order valence-electron chi connectivity index (χ0n) is 18.6. The maximum absolute atomic E-state index is 13.0. The minimum atomic E-state index is -0.0387. The molecule has 1 aliphatic rings. The third kappa shape index (κ3) is 6.38. The summed E-state index contributed by atoms with van der Waals surface area (Å²) in [5, 5.41) is 0. The minimum absolute atomic E-state index is 0.0146. The number of aromatic nitrogens is 2. The van der Waals surface area contributed by atoms with Gasteiger partial charge >= 0.3 is 0 Å². The van der Waals surface area contributed by atoms with Gasteiger partial charge in [0.2, 0.25) is 5.91 Å². The van der Waals surface area contributed by atoms with Crippen molar-refractivity contribution in [3.63, 3.8) is 0 Å². The molecule has 0 unspecified atom stereocenters. The van der Waals surface area contributed by atoms with Crippen molar-refractivity contribution in [2.45, 2.75) is 19.3 Å². The van der Waals surface area contributed by atoms with Crippen LogP contribution in [0.1, 0.15) is 28.2 Å². The number of piperazine rings is 1. The van der Waals surface area contributed by atoms with Crippen molar-refractivity contribution in [2.75, 3.05) is 32.8 Å². The lowest BCUT2D eigenvalue weighted by molar-refractivity contribution is -0.132. The summed E-state index contributed by atoms with van der Waals surface area (Å²) >= 11 is 0. The van der Waals surface area contributed by atoms with Crippen LogP contribution in [-0.4, -0.2) is 64.4 Å². The van der Waals surface area contributed by atoms with Crippen molar-refractivity contribution >= 4 is 11.8 Å². The Morgan fingerprint density at radius 3 is 2.33 bits per heavy atom. The summed E-state index contributed by atoms with van der Waals surface area (Å²) < 4.78 is 5.88. The summed E-state index contributed by atoms with van der Waals surface area (Å²) in [5.74, 6) is 1.16. The Morgan fingerprint density at radius 1 is 0.848 bits per heavy atom. The zero-order valence-corrected chi connectivity index (χ0v) is 18.6. The number of aryl methyl sites for hydroxylation is 1. The van der Waals surface area contributed by atoms with E-state index in [-0.39, 0.29) is 18.2 Å². The topological polar surface area (TPSA) is 75.6 Å². The Balaban J connectivity index is 1.24. The van der Waals surface area contributed by atoms with E-state index in [0.717, 1.165) is 12.8 Å². The maximum Gasteiger partial charge on any atom is 0.254 e. The first-order valence-electron chi connectivity index (χ1n) is 11.3. The van der Waals surface area contributed by atoms with Crippen molar-refractivity contribution in [3.8, 4) is 5.75 Å². The maximum atomic E-state index is 13.0. The number of amides is 2. The molecule has 0 N–H and O–H groups in total. The lowest BCUT2D eigenvalue weighted by Gasteiger charge is -2.34. The molecule has 7 heteroatoms. The quantitative estimate of drug-likeness (QED) is 0.499. The van der Waals surface area contributed by atoms with Crippen molar-refractivity contribution in [1.82, 2.24) is 19.8 Å². The van der Waals surface area contributed by atoms with E-state index in [1.165, 1.54) is 5.56 Å². The van der Waals surface area contributed by atoms with Gasteiger partial charge in [0.25, 0.3) is 5.91 Å². The van der Waals surface area contributed by atoms with E-state index in [9.17, 15) is 9.59 Å². The van der Waals surface area contributed by atoms with E-state index in [1.807, 2.05) is 36.4 Å². The highest BCUT2D eigenvalue weighted by Crippen LogP contribution is 2.17. The summed E-state index contributed by atoms with van der Waals surface area (Å²) in [6.45, 7) is 2.61. The van der Waals surface area contributed by atoms with Crippen molar-refractivity contribution in [1.29, 1.82) is 0 Å². The molecule has 3 aromatic rings. The van der Waals surface area contributed by atoms with Crippen LogP contribution in [0.15, 0.2) is 73.1 Å². The van der Waals surface area contributed by atoms with E-state index in [4.69, 9.17) is 4.74 Å². The third-order valence-electron chi connectivity index (χ3n) is 5.65. The molecule has 33 heavy (non-hydrogen) atoms. The van der Waals surface area contributed by atoms with Gasteiger partial charge in [0.15, 0.2) is 0 Å². The Bertz CT molecular complexity index is 1050. The average Bonchev–Trinajstić information content (AvgIpc) is 2.88. The molecule has 2 amide bonds. The van der Waals surface area contributed by atoms with Crippen LogP contribution in [-0.2, 0) is 17.6 Å². The van der Waals surface area contributed by atoms with Crippen molar-refractivity contribution in [3.05, 3.63) is 90.0 Å². The van der Waals surface area contributed by atoms with Crippen LogP contribution in [0.3, 0.4) is 0 Å². The summed E-state index contributed by atoms with van der Waals surface area (Å²) in [6, 6.07) is 19.4. The Morgan fingerprint density at radius 2 is 1.58 bits per heavy atom. The smallest absolute Gasteiger partial charge is 0.254 e. The number of hydrogen-bond acceptors (Lipinski definition) is 5. The van der Waals surface area contributed by atoms with Crippen molar-refractivity contribution < 1.29 is 14.3 Å². The second-order valence-electron chi connectivity index (χ2n) is 7.98. The second kappa shape index (κ2) is 11.2. The SMILES string of the molecule is O=C(Cc1ncccn1)N1CCN(C(=O)c2cccc(OCCCc3ccccc3)c2)CC1. The standard InChI is InChI=1S/C26H28N4O3/c31-25(20-24-27-12-6-13-28-24)29-14-16-30(17-15-29)26(32)22-10-4-11-23(19-22)33-18-5-9-21-7-2-1-3-8-21/h1-4,6-8,10-13,19H,5,9,14-18,20H2. The molecular formula is C26H28N4O3. The first-order chi connectivity index (χ1) is 16.2. The van der Waals surface area contributed by atoms with Gasteiger partial charge in [-0.05, 0) is 42.7 Å². The number of ether oxygens (including phenoxy) is 1. The second-order valence-corrected chi connectivity index (χ2v) is 7.98. The number of rotatable bonds is 8. The van der Waals surface area contributed by atoms with Crippen LogP contribution in [0.25, 0.3) is 0 Å². The zero-order chi connectivity index (χ0) is 22.9. The van der Waals surface area contributed by atoms with Crippen LogP contribution in [0, 0.1) is 0 Å². The van der Waals surface area contributed by atoms with Gasteiger partial charge in [-0.2, -0.15) is 0 Å². The van der Waals surface area contributed by atoms with E-state index >= 15 is 0 Å². The van der Waals surface area contributed by atoms with Gasteiger partial charge in [0.1, 0.15) is 11.6 Å². The minimum Gasteiger partial charge on any atom is -0.494 e. The van der Waals surface area contributed by atoms with E-state index in [1.54, 1.807) is 34.3 Å². The van der Waals surface area contributed by atoms with Gasteiger partial charge in [-0.3, -0.25) is 9.59 Å². The number of carbonyl (C=O) groups excluding carboxylic acids is 2. The van der Waals surface area contributed by atoms with Crippen LogP contribution >= 0.6 is 0 Å². The molecule has 0 radical (unpaired) electrons. The molecule has 1 saturated heterocycles. The van der Waals surface area contributed by atoms with Gasteiger partial charge in [-0.15, -0.1) is 0 Å². The fourth-order valence-electron chi connectivity index (χ4n) is 3.84. The molecule has 7 nitrogen and oxygen atoms in total. The Kier molecular flexibility index (Phi) is 7.64. The molecule has 170 valence electrons. The number of hydrogen-bond donors (Lipinski definition) is 0. The van der Waals surface area contributed by atoms with E-state index < -0.39 is 0 Å². The average molecular weight is 445 g/mol. The first-order valence-corrected chi connectivity index (χ1v) is 11.3. The third-order valence-corrected chi connectivity index (χ3v) is 5.65. The molecule has 0 saturated carbocycles. The molecule has 1 aromatic heterocycles. The highest BCUT2D eigenvalue weighted by Gasteiger charge is 2.25. The summed E-state index contributed by atoms with van der Waals surface area (Å²) in [4.78, 5) is 37.3. The number of nitrogens with zero attached hydrogens (tertiary/aromatic N) is 4. The fraction of sp³-hybridized carbons (Fsp3) is 0.308. The predicted octanol–water partition coefficient (Wildman–Crippen LogP) is 3.02. The molecule has 0 spiro atoms. The van der Waals surface area contributed by atoms with Gasteiger partial charge in [0.05, 0.1) is 13.0 Å². The van der Waals surface area contributed by atoms with Crippen LogP contribution < -0.4 is 4.74 Å². The molecule has 2 heterocycles. The molecule has 2 aromatic carbocycles. The van der Waals surface area contributed by atoms with Gasteiger partial charge in [-0.25, -0.2) is 9.97 Å². The van der Waals surface area contributed by atoms with Crippen LogP contribution in [0.5, 0.6) is 5.75 Å². The Labute approximate surface area is 194 Å². The first kappa shape index (κ1) is 22.5. The fourth-order valence-corrected chi connectivity index (χ4v) is 3.84. The van der Waals surface area contributed by atoms with Gasteiger partial charge < -0.3 is 14.5 Å². The molecule has 1 aliphatic heterocycles. The summed E-state index contributed by atoms with van der Waals surface area (Å²) in [6.07, 6.45) is 5.31. The summed E-state index contributed by atoms with van der Waals surface area (Å²) in [5.41, 5.74) is 1.90. The highest BCUT2D eigenvalue weighted by molar-refractivity contribution is 5.94. The van der Waals surface area contributed by atoms with E-state index in [2.05, 4.69) is 22.1 Å². The predicted molar refractivity (Wildman–Crippen MR) is 125 cm³/mol. The van der Waals surface area contributed by atoms with Gasteiger partial charge in [-0.1, -0.05) is 36.4 Å². The monoisotopic (exact) mass is 444 g/mol. The van der Waals surface area contributed by atoms with Gasteiger partial charge in [0, 0.05) is 44.1 Å². The molecule has 0 aliphatic carbocycles. The van der Waals surface area contributed by atoms with Crippen LogP contribution in [0.2, 0.25) is 0 Å².